The lowest BCUT2D eigenvalue weighted by atomic mass is 10.1. The van der Waals surface area contributed by atoms with E-state index in [-0.39, 0.29) is 34.7 Å². The van der Waals surface area contributed by atoms with E-state index in [4.69, 9.17) is 27.9 Å². The number of para-hydroxylation sites is 2. The van der Waals surface area contributed by atoms with Crippen molar-refractivity contribution in [1.29, 1.82) is 0 Å². The van der Waals surface area contributed by atoms with E-state index >= 15 is 0 Å². The van der Waals surface area contributed by atoms with E-state index in [9.17, 15) is 18.0 Å². The number of hydrogen-bond acceptors (Lipinski definition) is 5. The van der Waals surface area contributed by atoms with E-state index in [1.165, 1.54) is 24.1 Å². The van der Waals surface area contributed by atoms with Crippen LogP contribution in [0, 0.1) is 12.8 Å². The Morgan fingerprint density at radius 3 is 2.26 bits per heavy atom. The molecule has 2 amide bonds. The van der Waals surface area contributed by atoms with Crippen molar-refractivity contribution in [2.75, 3.05) is 24.5 Å². The average Bonchev–Trinajstić information content (AvgIpc) is 2.95. The van der Waals surface area contributed by atoms with Gasteiger partial charge in [-0.25, -0.2) is 8.42 Å². The first-order valence-corrected chi connectivity index (χ1v) is 15.8. The van der Waals surface area contributed by atoms with Crippen molar-refractivity contribution in [3.63, 3.8) is 0 Å². The summed E-state index contributed by atoms with van der Waals surface area (Å²) >= 11 is 12.6. The van der Waals surface area contributed by atoms with E-state index in [1.807, 2.05) is 20.8 Å². The maximum absolute atomic E-state index is 14.2. The molecule has 0 heterocycles. The third-order valence-corrected chi connectivity index (χ3v) is 9.03. The first kappa shape index (κ1) is 33.2. The summed E-state index contributed by atoms with van der Waals surface area (Å²) in [4.78, 5) is 29.0. The van der Waals surface area contributed by atoms with Crippen LogP contribution >= 0.6 is 23.2 Å². The van der Waals surface area contributed by atoms with Crippen molar-refractivity contribution in [3.05, 3.63) is 87.9 Å². The summed E-state index contributed by atoms with van der Waals surface area (Å²) in [7, 11) is -2.80. The summed E-state index contributed by atoms with van der Waals surface area (Å²) in [6.45, 7) is 7.39. The van der Waals surface area contributed by atoms with Crippen LogP contribution in [0.25, 0.3) is 0 Å². The van der Waals surface area contributed by atoms with Gasteiger partial charge in [0.25, 0.3) is 10.0 Å². The van der Waals surface area contributed by atoms with E-state index in [0.717, 1.165) is 9.87 Å². The Labute approximate surface area is 258 Å². The molecule has 1 N–H and O–H groups in total. The molecule has 8 nitrogen and oxygen atoms in total. The molecule has 42 heavy (non-hydrogen) atoms. The summed E-state index contributed by atoms with van der Waals surface area (Å²) in [5, 5.41) is 3.66. The van der Waals surface area contributed by atoms with Crippen LogP contribution in [0.1, 0.15) is 38.3 Å². The van der Waals surface area contributed by atoms with Gasteiger partial charge in [-0.05, 0) is 61.2 Å². The lowest BCUT2D eigenvalue weighted by Crippen LogP contribution is -2.52. The predicted molar refractivity (Wildman–Crippen MR) is 168 cm³/mol. The summed E-state index contributed by atoms with van der Waals surface area (Å²) in [5.41, 5.74) is 1.64. The third kappa shape index (κ3) is 8.18. The molecule has 1 atom stereocenters. The van der Waals surface area contributed by atoms with Gasteiger partial charge in [0.05, 0.1) is 17.7 Å². The number of methoxy groups -OCH3 is 1. The number of sulfonamides is 1. The van der Waals surface area contributed by atoms with Gasteiger partial charge in [-0.3, -0.25) is 13.9 Å². The van der Waals surface area contributed by atoms with Gasteiger partial charge in [-0.2, -0.15) is 0 Å². The van der Waals surface area contributed by atoms with Crippen molar-refractivity contribution in [2.45, 2.75) is 51.6 Å². The van der Waals surface area contributed by atoms with Crippen LogP contribution in [-0.2, 0) is 26.2 Å². The van der Waals surface area contributed by atoms with Gasteiger partial charge >= 0.3 is 0 Å². The fraction of sp³-hybridized carbons (Fsp3) is 0.355. The average molecular weight is 635 g/mol. The maximum atomic E-state index is 14.2. The Balaban J connectivity index is 2.11. The number of aryl methyl sites for hydroxylation is 1. The number of nitrogens with zero attached hydrogens (tertiary/aromatic N) is 2. The third-order valence-electron chi connectivity index (χ3n) is 6.67. The summed E-state index contributed by atoms with van der Waals surface area (Å²) in [5.74, 6) is -0.457. The van der Waals surface area contributed by atoms with Crippen molar-refractivity contribution in [3.8, 4) is 5.75 Å². The minimum absolute atomic E-state index is 0.0146. The highest BCUT2D eigenvalue weighted by atomic mass is 35.5. The maximum Gasteiger partial charge on any atom is 0.264 e. The number of carbonyl (C=O) groups is 2. The fourth-order valence-electron chi connectivity index (χ4n) is 4.36. The Hall–Kier alpha value is -3.27. The highest BCUT2D eigenvalue weighted by molar-refractivity contribution is 7.92. The zero-order valence-electron chi connectivity index (χ0n) is 24.4. The largest absolute Gasteiger partial charge is 0.495 e. The molecule has 0 fully saturated rings. The van der Waals surface area contributed by atoms with Gasteiger partial charge in [0, 0.05) is 23.1 Å². The summed E-state index contributed by atoms with van der Waals surface area (Å²) < 4.78 is 34.6. The second-order valence-corrected chi connectivity index (χ2v) is 13.0. The number of ether oxygens (including phenoxy) is 1. The number of rotatable bonds is 13. The van der Waals surface area contributed by atoms with Crippen LogP contribution in [0.4, 0.5) is 5.69 Å². The molecule has 0 saturated heterocycles. The van der Waals surface area contributed by atoms with E-state index in [0.29, 0.717) is 28.6 Å². The van der Waals surface area contributed by atoms with Crippen molar-refractivity contribution >= 4 is 50.7 Å². The Bertz CT molecular complexity index is 1500. The van der Waals surface area contributed by atoms with Crippen LogP contribution in [0.2, 0.25) is 10.0 Å². The number of benzene rings is 3. The second kappa shape index (κ2) is 14.8. The SMILES string of the molecule is CCC(C(=O)NCC(C)C)N(Cc1ccc(Cl)cc1Cl)C(=O)CN(c1ccccc1OC)S(=O)(=O)c1ccc(C)cc1. The molecule has 3 aromatic rings. The van der Waals surface area contributed by atoms with Crippen molar-refractivity contribution < 1.29 is 22.7 Å². The summed E-state index contributed by atoms with van der Waals surface area (Å²) in [6, 6.07) is 17.0. The first-order chi connectivity index (χ1) is 19.9. The number of nitrogens with one attached hydrogen (secondary N) is 1. The molecule has 1 unspecified atom stereocenters. The van der Waals surface area contributed by atoms with Crippen molar-refractivity contribution in [1.82, 2.24) is 10.2 Å². The van der Waals surface area contributed by atoms with Crippen LogP contribution in [0.5, 0.6) is 5.75 Å². The zero-order valence-corrected chi connectivity index (χ0v) is 26.8. The molecule has 11 heteroatoms. The van der Waals surface area contributed by atoms with E-state index < -0.39 is 28.5 Å². The molecular formula is C31H37Cl2N3O5S. The summed E-state index contributed by atoms with van der Waals surface area (Å²) in [6.07, 6.45) is 0.292. The molecule has 0 spiro atoms. The monoisotopic (exact) mass is 633 g/mol. The highest BCUT2D eigenvalue weighted by Crippen LogP contribution is 2.33. The first-order valence-electron chi connectivity index (χ1n) is 13.6. The number of hydrogen-bond donors (Lipinski definition) is 1. The normalized spacial score (nSPS) is 12.1. The molecule has 0 aromatic heterocycles. The predicted octanol–water partition coefficient (Wildman–Crippen LogP) is 6.09. The van der Waals surface area contributed by atoms with Gasteiger partial charge in [0.2, 0.25) is 11.8 Å². The van der Waals surface area contributed by atoms with E-state index in [1.54, 1.807) is 61.5 Å². The molecule has 3 rings (SSSR count). The zero-order chi connectivity index (χ0) is 31.0. The molecule has 226 valence electrons. The molecule has 3 aromatic carbocycles. The standard InChI is InChI=1S/C31H37Cl2N3O5S/c1-6-27(31(38)34-18-21(2)3)35(19-23-13-14-24(32)17-26(23)33)30(37)20-36(28-9-7-8-10-29(28)41-5)42(39,40)25-15-11-22(4)12-16-25/h7-17,21,27H,6,18-20H2,1-5H3,(H,34,38). The molecule has 0 aliphatic rings. The smallest absolute Gasteiger partial charge is 0.264 e. The molecule has 0 bridgehead atoms. The Morgan fingerprint density at radius 2 is 1.67 bits per heavy atom. The van der Waals surface area contributed by atoms with Gasteiger partial charge < -0.3 is 15.0 Å². The minimum Gasteiger partial charge on any atom is -0.495 e. The number of anilines is 1. The number of amides is 2. The Kier molecular flexibility index (Phi) is 11.7. The van der Waals surface area contributed by atoms with Crippen LogP contribution < -0.4 is 14.4 Å². The van der Waals surface area contributed by atoms with Crippen LogP contribution in [0.3, 0.4) is 0 Å². The quantitative estimate of drug-likeness (QED) is 0.246. The molecular weight excluding hydrogens is 597 g/mol. The number of carbonyl (C=O) groups excluding carboxylic acids is 2. The van der Waals surface area contributed by atoms with Gasteiger partial charge in [0.15, 0.2) is 0 Å². The van der Waals surface area contributed by atoms with Crippen LogP contribution in [0.15, 0.2) is 71.6 Å². The Morgan fingerprint density at radius 1 is 1.00 bits per heavy atom. The van der Waals surface area contributed by atoms with Crippen LogP contribution in [-0.4, -0.2) is 51.4 Å². The fourth-order valence-corrected chi connectivity index (χ4v) is 6.25. The lowest BCUT2D eigenvalue weighted by Gasteiger charge is -2.33. The van der Waals surface area contributed by atoms with Gasteiger partial charge in [-0.1, -0.05) is 79.9 Å². The highest BCUT2D eigenvalue weighted by Gasteiger charge is 2.35. The lowest BCUT2D eigenvalue weighted by molar-refractivity contribution is -0.140. The molecule has 0 saturated carbocycles. The molecule has 0 radical (unpaired) electrons. The van der Waals surface area contributed by atoms with Crippen molar-refractivity contribution in [2.24, 2.45) is 5.92 Å². The van der Waals surface area contributed by atoms with E-state index in [2.05, 4.69) is 5.32 Å². The van der Waals surface area contributed by atoms with Gasteiger partial charge in [0.1, 0.15) is 18.3 Å². The molecule has 0 aliphatic heterocycles. The number of halogens is 2. The topological polar surface area (TPSA) is 96.0 Å². The van der Waals surface area contributed by atoms with Gasteiger partial charge in [-0.15, -0.1) is 0 Å². The molecule has 0 aliphatic carbocycles. The second-order valence-electron chi connectivity index (χ2n) is 10.3. The minimum atomic E-state index is -4.23.